The van der Waals surface area contributed by atoms with Gasteiger partial charge in [-0.2, -0.15) is 5.26 Å². The van der Waals surface area contributed by atoms with Gasteiger partial charge in [0, 0.05) is 18.9 Å². The summed E-state index contributed by atoms with van der Waals surface area (Å²) in [4.78, 5) is 12.3. The fraction of sp³-hybridized carbons (Fsp3) is 0.714. The molecular weight excluding hydrogens is 240 g/mol. The molecule has 0 radical (unpaired) electrons. The highest BCUT2D eigenvalue weighted by molar-refractivity contribution is 5.91. The van der Waals surface area contributed by atoms with E-state index in [9.17, 15) is 10.1 Å². The van der Waals surface area contributed by atoms with E-state index < -0.39 is 5.92 Å². The zero-order valence-corrected chi connectivity index (χ0v) is 11.2. The molecule has 0 amide bonds. The van der Waals surface area contributed by atoms with Crippen molar-refractivity contribution >= 4 is 5.78 Å². The molecule has 1 aromatic heterocycles. The summed E-state index contributed by atoms with van der Waals surface area (Å²) >= 11 is 0. The van der Waals surface area contributed by atoms with Crippen LogP contribution in [0.15, 0.2) is 0 Å². The molecule has 2 heterocycles. The van der Waals surface area contributed by atoms with Crippen LogP contribution in [0.25, 0.3) is 0 Å². The molecule has 1 aromatic rings. The smallest absolute Gasteiger partial charge is 0.165 e. The van der Waals surface area contributed by atoms with Gasteiger partial charge < -0.3 is 4.57 Å². The molecule has 5 nitrogen and oxygen atoms in total. The first-order chi connectivity index (χ1) is 9.22. The van der Waals surface area contributed by atoms with Gasteiger partial charge in [0.25, 0.3) is 0 Å². The van der Waals surface area contributed by atoms with Crippen LogP contribution < -0.4 is 0 Å². The van der Waals surface area contributed by atoms with Gasteiger partial charge in [-0.25, -0.2) is 0 Å². The second kappa shape index (κ2) is 4.76. The molecular formula is C14H18N4O. The summed E-state index contributed by atoms with van der Waals surface area (Å²) in [5.41, 5.74) is 0. The molecule has 0 bridgehead atoms. The third-order valence-corrected chi connectivity index (χ3v) is 4.28. The Morgan fingerprint density at radius 3 is 2.89 bits per heavy atom. The van der Waals surface area contributed by atoms with Crippen molar-refractivity contribution in [1.29, 1.82) is 5.26 Å². The van der Waals surface area contributed by atoms with Gasteiger partial charge in [0.1, 0.15) is 5.82 Å². The lowest BCUT2D eigenvalue weighted by molar-refractivity contribution is -0.121. The first-order valence-electron chi connectivity index (χ1n) is 7.07. The van der Waals surface area contributed by atoms with Crippen molar-refractivity contribution in [3.05, 3.63) is 11.6 Å². The van der Waals surface area contributed by atoms with E-state index in [1.807, 2.05) is 4.57 Å². The predicted octanol–water partition coefficient (Wildman–Crippen LogP) is 1.84. The number of carbonyl (C=O) groups is 1. The third-order valence-electron chi connectivity index (χ3n) is 4.28. The first-order valence-corrected chi connectivity index (χ1v) is 7.07. The number of hydrogen-bond donors (Lipinski definition) is 0. The van der Waals surface area contributed by atoms with E-state index in [4.69, 9.17) is 0 Å². The molecule has 3 rings (SSSR count). The predicted molar refractivity (Wildman–Crippen MR) is 68.2 cm³/mol. The van der Waals surface area contributed by atoms with Crippen LogP contribution in [0, 0.1) is 23.2 Å². The number of aryl methyl sites for hydroxylation is 1. The molecule has 3 unspecified atom stereocenters. The van der Waals surface area contributed by atoms with Gasteiger partial charge in [0.2, 0.25) is 0 Å². The first kappa shape index (κ1) is 12.3. The fourth-order valence-corrected chi connectivity index (χ4v) is 2.90. The summed E-state index contributed by atoms with van der Waals surface area (Å²) in [6, 6.07) is 2.14. The largest absolute Gasteiger partial charge is 0.313 e. The molecule has 1 saturated carbocycles. The molecule has 0 saturated heterocycles. The summed E-state index contributed by atoms with van der Waals surface area (Å²) in [6.07, 6.45) is 5.18. The normalized spacial score (nSPS) is 26.9. The lowest BCUT2D eigenvalue weighted by Gasteiger charge is -2.10. The maximum Gasteiger partial charge on any atom is 0.165 e. The maximum absolute atomic E-state index is 12.3. The summed E-state index contributed by atoms with van der Waals surface area (Å²) in [5.74, 6) is 1.30. The lowest BCUT2D eigenvalue weighted by atomic mass is 10.00. The standard InChI is InChI=1S/C14H18N4O/c1-9-7-10(9)13(19)11(8-15)14-17-16-12-5-3-2-4-6-18(12)14/h9-11H,2-7H2,1H3. The number of ketones is 1. The van der Waals surface area contributed by atoms with Crippen molar-refractivity contribution in [2.45, 2.75) is 51.5 Å². The van der Waals surface area contributed by atoms with Crippen LogP contribution in [-0.4, -0.2) is 20.5 Å². The topological polar surface area (TPSA) is 71.6 Å². The van der Waals surface area contributed by atoms with Crippen molar-refractivity contribution in [2.75, 3.05) is 0 Å². The number of fused-ring (bicyclic) bond motifs is 1. The van der Waals surface area contributed by atoms with Gasteiger partial charge in [0.05, 0.1) is 6.07 Å². The molecule has 0 spiro atoms. The molecule has 19 heavy (non-hydrogen) atoms. The second-order valence-corrected chi connectivity index (χ2v) is 5.72. The third kappa shape index (κ3) is 2.16. The van der Waals surface area contributed by atoms with E-state index in [0.29, 0.717) is 11.7 Å². The fourth-order valence-electron chi connectivity index (χ4n) is 2.90. The minimum absolute atomic E-state index is 0.0365. The molecule has 1 fully saturated rings. The highest BCUT2D eigenvalue weighted by Crippen LogP contribution is 2.41. The van der Waals surface area contributed by atoms with Gasteiger partial charge in [-0.05, 0) is 25.2 Å². The number of rotatable bonds is 3. The Bertz CT molecular complexity index is 542. The van der Waals surface area contributed by atoms with E-state index in [0.717, 1.165) is 38.1 Å². The number of hydrogen-bond acceptors (Lipinski definition) is 4. The quantitative estimate of drug-likeness (QED) is 0.829. The highest BCUT2D eigenvalue weighted by Gasteiger charge is 2.44. The number of nitriles is 1. The van der Waals surface area contributed by atoms with Gasteiger partial charge in [-0.1, -0.05) is 13.3 Å². The Balaban J connectivity index is 1.90. The summed E-state index contributed by atoms with van der Waals surface area (Å²) < 4.78 is 2.01. The molecule has 5 heteroatoms. The summed E-state index contributed by atoms with van der Waals surface area (Å²) in [5, 5.41) is 17.7. The minimum atomic E-state index is -0.728. The summed E-state index contributed by atoms with van der Waals surface area (Å²) in [6.45, 7) is 2.89. The SMILES string of the molecule is CC1CC1C(=O)C(C#N)c1nnc2n1CCCCC2. The number of nitrogens with zero attached hydrogens (tertiary/aromatic N) is 4. The van der Waals surface area contributed by atoms with Crippen LogP contribution in [0.1, 0.15) is 50.2 Å². The maximum atomic E-state index is 12.3. The lowest BCUT2D eigenvalue weighted by Crippen LogP contribution is -2.19. The van der Waals surface area contributed by atoms with Crippen LogP contribution >= 0.6 is 0 Å². The zero-order chi connectivity index (χ0) is 13.4. The Labute approximate surface area is 112 Å². The van der Waals surface area contributed by atoms with Gasteiger partial charge in [-0.3, -0.25) is 4.79 Å². The van der Waals surface area contributed by atoms with Crippen LogP contribution in [0.2, 0.25) is 0 Å². The van der Waals surface area contributed by atoms with E-state index in [2.05, 4.69) is 23.2 Å². The molecule has 2 aliphatic rings. The van der Waals surface area contributed by atoms with Crippen molar-refractivity contribution in [2.24, 2.45) is 11.8 Å². The van der Waals surface area contributed by atoms with Gasteiger partial charge >= 0.3 is 0 Å². The molecule has 100 valence electrons. The second-order valence-electron chi connectivity index (χ2n) is 5.72. The molecule has 0 N–H and O–H groups in total. The number of carbonyl (C=O) groups excluding carboxylic acids is 1. The van der Waals surface area contributed by atoms with Crippen LogP contribution in [0.4, 0.5) is 0 Å². The van der Waals surface area contributed by atoms with Crippen LogP contribution in [0.5, 0.6) is 0 Å². The Morgan fingerprint density at radius 1 is 1.42 bits per heavy atom. The van der Waals surface area contributed by atoms with Crippen molar-refractivity contribution in [3.63, 3.8) is 0 Å². The van der Waals surface area contributed by atoms with E-state index >= 15 is 0 Å². The minimum Gasteiger partial charge on any atom is -0.313 e. The highest BCUT2D eigenvalue weighted by atomic mass is 16.1. The number of Topliss-reactive ketones (excluding diaryl/α,β-unsaturated/α-hetero) is 1. The van der Waals surface area contributed by atoms with Crippen molar-refractivity contribution in [3.8, 4) is 6.07 Å². The summed E-state index contributed by atoms with van der Waals surface area (Å²) in [7, 11) is 0. The zero-order valence-electron chi connectivity index (χ0n) is 11.2. The van der Waals surface area contributed by atoms with Crippen molar-refractivity contribution < 1.29 is 4.79 Å². The Kier molecular flexibility index (Phi) is 3.09. The van der Waals surface area contributed by atoms with Crippen molar-refractivity contribution in [1.82, 2.24) is 14.8 Å². The monoisotopic (exact) mass is 258 g/mol. The van der Waals surface area contributed by atoms with Gasteiger partial charge in [0.15, 0.2) is 17.5 Å². The molecule has 3 atom stereocenters. The molecule has 1 aliphatic heterocycles. The average Bonchev–Trinajstić information content (AvgIpc) is 3.09. The average molecular weight is 258 g/mol. The Morgan fingerprint density at radius 2 is 2.21 bits per heavy atom. The van der Waals surface area contributed by atoms with Crippen LogP contribution in [0.3, 0.4) is 0 Å². The van der Waals surface area contributed by atoms with E-state index in [-0.39, 0.29) is 11.7 Å². The van der Waals surface area contributed by atoms with Gasteiger partial charge in [-0.15, -0.1) is 10.2 Å². The van der Waals surface area contributed by atoms with E-state index in [1.54, 1.807) is 0 Å². The molecule has 1 aliphatic carbocycles. The Hall–Kier alpha value is -1.70. The van der Waals surface area contributed by atoms with Crippen LogP contribution in [-0.2, 0) is 17.8 Å². The number of aromatic nitrogens is 3. The molecule has 0 aromatic carbocycles. The van der Waals surface area contributed by atoms with E-state index in [1.165, 1.54) is 6.42 Å².